The Balaban J connectivity index is 1.60. The van der Waals surface area contributed by atoms with Crippen molar-refractivity contribution in [1.29, 1.82) is 0 Å². The molecule has 0 atom stereocenters. The van der Waals surface area contributed by atoms with Crippen LogP contribution in [0, 0.1) is 0 Å². The van der Waals surface area contributed by atoms with Gasteiger partial charge in [-0.3, -0.25) is 0 Å². The van der Waals surface area contributed by atoms with E-state index >= 15 is 0 Å². The minimum atomic E-state index is -0.467. The molecule has 0 aliphatic rings. The van der Waals surface area contributed by atoms with Gasteiger partial charge in [-0.2, -0.15) is 0 Å². The molecule has 2 heterocycles. The van der Waals surface area contributed by atoms with Crippen molar-refractivity contribution >= 4 is 34.6 Å². The van der Waals surface area contributed by atoms with Crippen molar-refractivity contribution in [3.05, 3.63) is 64.0 Å². The molecule has 0 amide bonds. The molecule has 2 aromatic heterocycles. The number of carbonyl (C=O) groups is 2. The minimum absolute atomic E-state index is 0.117. The van der Waals surface area contributed by atoms with E-state index in [4.69, 9.17) is 4.74 Å². The Labute approximate surface area is 146 Å². The fourth-order valence-corrected chi connectivity index (χ4v) is 3.56. The number of carbonyl (C=O) groups excluding carboxylic acids is 2. The van der Waals surface area contributed by atoms with Crippen LogP contribution in [0.3, 0.4) is 0 Å². The highest BCUT2D eigenvalue weighted by Gasteiger charge is 2.14. The van der Waals surface area contributed by atoms with Crippen molar-refractivity contribution in [3.8, 4) is 9.88 Å². The van der Waals surface area contributed by atoms with Crippen molar-refractivity contribution < 1.29 is 19.1 Å². The van der Waals surface area contributed by atoms with Gasteiger partial charge in [0.15, 0.2) is 5.69 Å². The first-order valence-corrected chi connectivity index (χ1v) is 8.77. The van der Waals surface area contributed by atoms with E-state index in [9.17, 15) is 9.59 Å². The lowest BCUT2D eigenvalue weighted by Crippen LogP contribution is -2.06. The van der Waals surface area contributed by atoms with E-state index in [1.165, 1.54) is 18.4 Å². The topological polar surface area (TPSA) is 65.5 Å². The Bertz CT molecular complexity index is 838. The highest BCUT2D eigenvalue weighted by molar-refractivity contribution is 7.20. The number of benzene rings is 1. The predicted molar refractivity (Wildman–Crippen MR) is 92.3 cm³/mol. The lowest BCUT2D eigenvalue weighted by molar-refractivity contribution is 0.0465. The lowest BCUT2D eigenvalue weighted by Gasteiger charge is -2.04. The zero-order valence-electron chi connectivity index (χ0n) is 12.7. The second-order valence-corrected chi connectivity index (χ2v) is 6.59. The van der Waals surface area contributed by atoms with E-state index in [1.54, 1.807) is 41.0 Å². The molecule has 3 aromatic rings. The van der Waals surface area contributed by atoms with Gasteiger partial charge < -0.3 is 9.47 Å². The fraction of sp³-hybridized carbons (Fsp3) is 0.118. The standard InChI is InChI=1S/C17H13NO4S2/c1-21-16(19)12-6-4-11(5-7-12)9-22-17(20)13-10-24-15(18-13)14-3-2-8-23-14/h2-8,10H,9H2,1H3. The summed E-state index contributed by atoms with van der Waals surface area (Å²) in [6.07, 6.45) is 0. The van der Waals surface area contributed by atoms with Gasteiger partial charge in [-0.15, -0.1) is 22.7 Å². The quantitative estimate of drug-likeness (QED) is 0.644. The van der Waals surface area contributed by atoms with Crippen LogP contribution in [0.15, 0.2) is 47.2 Å². The van der Waals surface area contributed by atoms with E-state index < -0.39 is 11.9 Å². The van der Waals surface area contributed by atoms with Crippen LogP contribution < -0.4 is 0 Å². The zero-order chi connectivity index (χ0) is 16.9. The van der Waals surface area contributed by atoms with Crippen LogP contribution in [0.4, 0.5) is 0 Å². The van der Waals surface area contributed by atoms with Crippen molar-refractivity contribution in [2.75, 3.05) is 7.11 Å². The molecular weight excluding hydrogens is 346 g/mol. The number of thiophene rings is 1. The first-order valence-electron chi connectivity index (χ1n) is 7.01. The molecule has 0 fully saturated rings. The summed E-state index contributed by atoms with van der Waals surface area (Å²) in [5, 5.41) is 4.46. The highest BCUT2D eigenvalue weighted by atomic mass is 32.1. The van der Waals surface area contributed by atoms with E-state index in [0.29, 0.717) is 11.3 Å². The summed E-state index contributed by atoms with van der Waals surface area (Å²) in [6.45, 7) is 0.117. The molecule has 0 N–H and O–H groups in total. The van der Waals surface area contributed by atoms with E-state index in [1.807, 2.05) is 17.5 Å². The molecule has 3 rings (SSSR count). The van der Waals surface area contributed by atoms with Gasteiger partial charge in [0.05, 0.1) is 17.6 Å². The van der Waals surface area contributed by atoms with Gasteiger partial charge in [-0.1, -0.05) is 18.2 Å². The summed E-state index contributed by atoms with van der Waals surface area (Å²) < 4.78 is 9.90. The molecule has 7 heteroatoms. The van der Waals surface area contributed by atoms with Crippen molar-refractivity contribution in [3.63, 3.8) is 0 Å². The Morgan fingerprint density at radius 1 is 1.08 bits per heavy atom. The van der Waals surface area contributed by atoms with Crippen LogP contribution >= 0.6 is 22.7 Å². The summed E-state index contributed by atoms with van der Waals surface area (Å²) >= 11 is 2.99. The van der Waals surface area contributed by atoms with Gasteiger partial charge in [-0.05, 0) is 29.1 Å². The molecule has 1 aromatic carbocycles. The minimum Gasteiger partial charge on any atom is -0.465 e. The van der Waals surface area contributed by atoms with Crippen LogP contribution in [0.5, 0.6) is 0 Å². The maximum Gasteiger partial charge on any atom is 0.358 e. The molecule has 5 nitrogen and oxygen atoms in total. The molecule has 0 aliphatic heterocycles. The average molecular weight is 359 g/mol. The number of esters is 2. The van der Waals surface area contributed by atoms with Crippen molar-refractivity contribution in [1.82, 2.24) is 4.98 Å². The number of methoxy groups -OCH3 is 1. The highest BCUT2D eigenvalue weighted by Crippen LogP contribution is 2.28. The molecule has 0 saturated heterocycles. The van der Waals surface area contributed by atoms with Gasteiger partial charge in [0.2, 0.25) is 0 Å². The maximum absolute atomic E-state index is 12.1. The van der Waals surface area contributed by atoms with Crippen LogP contribution in [-0.4, -0.2) is 24.0 Å². The molecule has 0 radical (unpaired) electrons. The first kappa shape index (κ1) is 16.4. The Kier molecular flexibility index (Phi) is 5.02. The smallest absolute Gasteiger partial charge is 0.358 e. The van der Waals surface area contributed by atoms with Crippen molar-refractivity contribution in [2.45, 2.75) is 6.61 Å². The zero-order valence-corrected chi connectivity index (χ0v) is 14.4. The third-order valence-corrected chi connectivity index (χ3v) is 5.07. The van der Waals surface area contributed by atoms with Crippen LogP contribution in [0.2, 0.25) is 0 Å². The molecule has 0 aliphatic carbocycles. The Morgan fingerprint density at radius 2 is 1.88 bits per heavy atom. The summed E-state index contributed by atoms with van der Waals surface area (Å²) in [5.41, 5.74) is 1.53. The van der Waals surface area contributed by atoms with Crippen LogP contribution in [0.1, 0.15) is 26.4 Å². The molecule has 24 heavy (non-hydrogen) atoms. The summed E-state index contributed by atoms with van der Waals surface area (Å²) in [5.74, 6) is -0.867. The first-order chi connectivity index (χ1) is 11.7. The van der Waals surface area contributed by atoms with E-state index in [-0.39, 0.29) is 6.61 Å². The number of hydrogen-bond donors (Lipinski definition) is 0. The third-order valence-electron chi connectivity index (χ3n) is 3.19. The monoisotopic (exact) mass is 359 g/mol. The molecule has 122 valence electrons. The normalized spacial score (nSPS) is 10.4. The molecular formula is C17H13NO4S2. The molecule has 0 bridgehead atoms. The molecule has 0 unspecified atom stereocenters. The summed E-state index contributed by atoms with van der Waals surface area (Å²) in [7, 11) is 1.33. The SMILES string of the molecule is COC(=O)c1ccc(COC(=O)c2csc(-c3cccs3)n2)cc1. The average Bonchev–Trinajstić information content (AvgIpc) is 3.30. The van der Waals surface area contributed by atoms with Crippen LogP contribution in [-0.2, 0) is 16.1 Å². The number of nitrogens with zero attached hydrogens (tertiary/aromatic N) is 1. The lowest BCUT2D eigenvalue weighted by atomic mass is 10.1. The van der Waals surface area contributed by atoms with Gasteiger partial charge >= 0.3 is 11.9 Å². The number of thiazole rings is 1. The Hall–Kier alpha value is -2.51. The van der Waals surface area contributed by atoms with Gasteiger partial charge in [0, 0.05) is 5.38 Å². The summed E-state index contributed by atoms with van der Waals surface area (Å²) in [6, 6.07) is 10.6. The number of aromatic nitrogens is 1. The second-order valence-electron chi connectivity index (χ2n) is 4.78. The molecule has 0 saturated carbocycles. The predicted octanol–water partition coefficient (Wildman–Crippen LogP) is 4.02. The number of rotatable bonds is 5. The van der Waals surface area contributed by atoms with E-state index in [0.717, 1.165) is 15.4 Å². The van der Waals surface area contributed by atoms with Crippen molar-refractivity contribution in [2.24, 2.45) is 0 Å². The largest absolute Gasteiger partial charge is 0.465 e. The number of hydrogen-bond acceptors (Lipinski definition) is 7. The van der Waals surface area contributed by atoms with Gasteiger partial charge in [0.25, 0.3) is 0 Å². The maximum atomic E-state index is 12.1. The van der Waals surface area contributed by atoms with E-state index in [2.05, 4.69) is 9.72 Å². The number of ether oxygens (including phenoxy) is 2. The van der Waals surface area contributed by atoms with Crippen LogP contribution in [0.25, 0.3) is 9.88 Å². The molecule has 0 spiro atoms. The van der Waals surface area contributed by atoms with Gasteiger partial charge in [-0.25, -0.2) is 14.6 Å². The second kappa shape index (κ2) is 7.37. The summed E-state index contributed by atoms with van der Waals surface area (Å²) in [4.78, 5) is 28.8. The van der Waals surface area contributed by atoms with Gasteiger partial charge in [0.1, 0.15) is 11.6 Å². The third kappa shape index (κ3) is 3.69. The Morgan fingerprint density at radius 3 is 2.54 bits per heavy atom. The fourth-order valence-electron chi connectivity index (χ4n) is 1.96.